The molecule has 2 aromatic carbocycles. The van der Waals surface area contributed by atoms with Crippen LogP contribution in [0, 0.1) is 24.2 Å². The molecule has 0 spiro atoms. The molecule has 2 heterocycles. The lowest BCUT2D eigenvalue weighted by molar-refractivity contribution is 0.125. The van der Waals surface area contributed by atoms with E-state index in [0.29, 0.717) is 10.9 Å². The number of rotatable bonds is 2. The van der Waals surface area contributed by atoms with Crippen LogP contribution in [0.5, 0.6) is 5.88 Å². The van der Waals surface area contributed by atoms with Gasteiger partial charge in [0, 0.05) is 16.5 Å². The summed E-state index contributed by atoms with van der Waals surface area (Å²) in [7, 11) is 0. The van der Waals surface area contributed by atoms with Crippen LogP contribution in [-0.4, -0.2) is 16.0 Å². The number of benzene rings is 2. The van der Waals surface area contributed by atoms with Gasteiger partial charge in [0.25, 0.3) is 0 Å². The Bertz CT molecular complexity index is 976. The zero-order valence-corrected chi connectivity index (χ0v) is 14.9. The number of hydrogen-bond donors (Lipinski definition) is 1. The van der Waals surface area contributed by atoms with Crippen molar-refractivity contribution < 1.29 is 4.74 Å². The van der Waals surface area contributed by atoms with E-state index in [0.717, 1.165) is 22.5 Å². The summed E-state index contributed by atoms with van der Waals surface area (Å²) in [6.07, 6.45) is -0.744. The fourth-order valence-corrected chi connectivity index (χ4v) is 3.62. The van der Waals surface area contributed by atoms with Gasteiger partial charge in [-0.3, -0.25) is 5.73 Å². The van der Waals surface area contributed by atoms with Gasteiger partial charge in [0.1, 0.15) is 5.92 Å². The van der Waals surface area contributed by atoms with E-state index in [1.807, 2.05) is 61.5 Å². The van der Waals surface area contributed by atoms with Crippen molar-refractivity contribution in [1.82, 2.24) is 9.78 Å². The highest BCUT2D eigenvalue weighted by atomic mass is 35.5. The van der Waals surface area contributed by atoms with Crippen LogP contribution < -0.4 is 10.5 Å². The first-order chi connectivity index (χ1) is 12.6. The minimum Gasteiger partial charge on any atom is -0.457 e. The summed E-state index contributed by atoms with van der Waals surface area (Å²) in [5, 5.41) is 15.0. The number of fused-ring (bicyclic) bond motifs is 1. The van der Waals surface area contributed by atoms with Crippen molar-refractivity contribution >= 4 is 11.6 Å². The fourth-order valence-electron chi connectivity index (χ4n) is 3.50. The first kappa shape index (κ1) is 16.6. The molecule has 5 nitrogen and oxygen atoms in total. The normalized spacial score (nSPS) is 21.5. The maximum atomic E-state index is 9.72. The molecule has 3 atom stereocenters. The molecule has 26 heavy (non-hydrogen) atoms. The largest absolute Gasteiger partial charge is 0.457 e. The third-order valence-corrected chi connectivity index (χ3v) is 4.97. The minimum atomic E-state index is -0.744. The average molecular weight is 365 g/mol. The van der Waals surface area contributed by atoms with Crippen LogP contribution in [-0.2, 0) is 0 Å². The number of nitrogens with zero attached hydrogens (tertiary/aromatic N) is 3. The molecular formula is C20H17ClN4O. The van der Waals surface area contributed by atoms with Crippen LogP contribution in [0.1, 0.15) is 22.7 Å². The number of para-hydroxylation sites is 1. The second kappa shape index (κ2) is 6.49. The molecule has 3 unspecified atom stereocenters. The van der Waals surface area contributed by atoms with E-state index in [-0.39, 0.29) is 5.92 Å². The molecule has 0 saturated carbocycles. The van der Waals surface area contributed by atoms with Crippen molar-refractivity contribution in [2.45, 2.75) is 19.1 Å². The Morgan fingerprint density at radius 3 is 2.50 bits per heavy atom. The molecule has 3 aromatic rings. The topological polar surface area (TPSA) is 76.9 Å². The molecule has 0 radical (unpaired) electrons. The van der Waals surface area contributed by atoms with Crippen molar-refractivity contribution in [3.8, 4) is 17.6 Å². The molecule has 0 amide bonds. The SMILES string of the molecule is Cc1nn(-c2ccccc2)c2c1C(c1ccc(Cl)cc1)C(C#N)C(N)O2. The van der Waals surface area contributed by atoms with E-state index in [4.69, 9.17) is 22.1 Å². The third kappa shape index (κ3) is 2.64. The van der Waals surface area contributed by atoms with Crippen LogP contribution in [0.15, 0.2) is 54.6 Å². The number of ether oxygens (including phenoxy) is 1. The van der Waals surface area contributed by atoms with Gasteiger partial charge in [-0.1, -0.05) is 41.9 Å². The number of aryl methyl sites for hydroxylation is 1. The predicted octanol–water partition coefficient (Wildman–Crippen LogP) is 3.78. The molecule has 2 N–H and O–H groups in total. The lowest BCUT2D eigenvalue weighted by Gasteiger charge is -2.33. The number of nitrogens with two attached hydrogens (primary N) is 1. The Labute approximate surface area is 156 Å². The highest BCUT2D eigenvalue weighted by Gasteiger charge is 2.41. The molecule has 1 aliphatic heterocycles. The van der Waals surface area contributed by atoms with Crippen molar-refractivity contribution in [3.63, 3.8) is 0 Å². The summed E-state index contributed by atoms with van der Waals surface area (Å²) in [5.74, 6) is -0.156. The molecule has 0 saturated heterocycles. The van der Waals surface area contributed by atoms with Gasteiger partial charge in [-0.15, -0.1) is 0 Å². The smallest absolute Gasteiger partial charge is 0.222 e. The van der Waals surface area contributed by atoms with Gasteiger partial charge in [0.2, 0.25) is 5.88 Å². The Kier molecular flexibility index (Phi) is 4.15. The maximum absolute atomic E-state index is 9.72. The average Bonchev–Trinajstić information content (AvgIpc) is 2.98. The Morgan fingerprint density at radius 2 is 1.85 bits per heavy atom. The van der Waals surface area contributed by atoms with Crippen molar-refractivity contribution in [2.24, 2.45) is 11.7 Å². The first-order valence-corrected chi connectivity index (χ1v) is 8.70. The molecule has 1 aliphatic rings. The van der Waals surface area contributed by atoms with Gasteiger partial charge < -0.3 is 4.74 Å². The van der Waals surface area contributed by atoms with E-state index < -0.39 is 12.1 Å². The molecule has 4 rings (SSSR count). The maximum Gasteiger partial charge on any atom is 0.222 e. The number of nitriles is 1. The Balaban J connectivity index is 1.92. The molecule has 0 aliphatic carbocycles. The molecule has 6 heteroatoms. The van der Waals surface area contributed by atoms with Gasteiger partial charge in [0.15, 0.2) is 6.23 Å². The standard InChI is InChI=1S/C20H17ClN4O/c1-12-17-18(13-7-9-14(21)10-8-13)16(11-22)19(23)26-20(17)25(24-12)15-5-3-2-4-6-15/h2-10,16,18-19H,23H2,1H3. The summed E-state index contributed by atoms with van der Waals surface area (Å²) in [6, 6.07) is 19.6. The van der Waals surface area contributed by atoms with Gasteiger partial charge in [-0.05, 0) is 36.8 Å². The van der Waals surface area contributed by atoms with Gasteiger partial charge in [-0.2, -0.15) is 10.4 Å². The van der Waals surface area contributed by atoms with Gasteiger partial charge in [-0.25, -0.2) is 4.68 Å². The zero-order chi connectivity index (χ0) is 18.3. The lowest BCUT2D eigenvalue weighted by atomic mass is 9.79. The summed E-state index contributed by atoms with van der Waals surface area (Å²) in [4.78, 5) is 0. The summed E-state index contributed by atoms with van der Waals surface area (Å²) in [5.41, 5.74) is 9.77. The summed E-state index contributed by atoms with van der Waals surface area (Å²) < 4.78 is 7.70. The monoisotopic (exact) mass is 364 g/mol. The van der Waals surface area contributed by atoms with Crippen molar-refractivity contribution in [1.29, 1.82) is 5.26 Å². The van der Waals surface area contributed by atoms with Gasteiger partial charge in [0.05, 0.1) is 17.5 Å². The second-order valence-electron chi connectivity index (χ2n) is 6.32. The third-order valence-electron chi connectivity index (χ3n) is 4.71. The van der Waals surface area contributed by atoms with E-state index >= 15 is 0 Å². The van der Waals surface area contributed by atoms with Crippen LogP contribution in [0.4, 0.5) is 0 Å². The van der Waals surface area contributed by atoms with Crippen molar-refractivity contribution in [2.75, 3.05) is 0 Å². The molecule has 1 aromatic heterocycles. The van der Waals surface area contributed by atoms with E-state index in [9.17, 15) is 5.26 Å². The van der Waals surface area contributed by atoms with Gasteiger partial charge >= 0.3 is 0 Å². The first-order valence-electron chi connectivity index (χ1n) is 8.32. The van der Waals surface area contributed by atoms with Crippen molar-refractivity contribution in [3.05, 3.63) is 76.4 Å². The quantitative estimate of drug-likeness (QED) is 0.750. The number of halogens is 1. The zero-order valence-electron chi connectivity index (χ0n) is 14.1. The Hall–Kier alpha value is -2.81. The number of aromatic nitrogens is 2. The molecule has 0 fully saturated rings. The van der Waals surface area contributed by atoms with Crippen LogP contribution in [0.25, 0.3) is 5.69 Å². The van der Waals surface area contributed by atoms with E-state index in [2.05, 4.69) is 11.2 Å². The highest BCUT2D eigenvalue weighted by molar-refractivity contribution is 6.30. The van der Waals surface area contributed by atoms with Crippen LogP contribution in [0.3, 0.4) is 0 Å². The molecular weight excluding hydrogens is 348 g/mol. The molecule has 0 bridgehead atoms. The summed E-state index contributed by atoms with van der Waals surface area (Å²) in [6.45, 7) is 1.93. The van der Waals surface area contributed by atoms with Crippen LogP contribution >= 0.6 is 11.6 Å². The minimum absolute atomic E-state index is 0.228. The van der Waals surface area contributed by atoms with E-state index in [1.54, 1.807) is 4.68 Å². The Morgan fingerprint density at radius 1 is 1.15 bits per heavy atom. The summed E-state index contributed by atoms with van der Waals surface area (Å²) >= 11 is 6.03. The van der Waals surface area contributed by atoms with E-state index in [1.165, 1.54) is 0 Å². The van der Waals surface area contributed by atoms with Crippen LogP contribution in [0.2, 0.25) is 5.02 Å². The lowest BCUT2D eigenvalue weighted by Crippen LogP contribution is -2.42. The highest BCUT2D eigenvalue weighted by Crippen LogP contribution is 2.45. The second-order valence-corrected chi connectivity index (χ2v) is 6.75. The fraction of sp³-hybridized carbons (Fsp3) is 0.200. The number of hydrogen-bond acceptors (Lipinski definition) is 4. The molecule has 130 valence electrons. The predicted molar refractivity (Wildman–Crippen MR) is 99.3 cm³/mol.